The molecule has 0 radical (unpaired) electrons. The summed E-state index contributed by atoms with van der Waals surface area (Å²) in [5, 5.41) is 0. The van der Waals surface area contributed by atoms with Gasteiger partial charge in [0.1, 0.15) is 11.5 Å². The number of hydrogen-bond donors (Lipinski definition) is 2. The van der Waals surface area contributed by atoms with Crippen LogP contribution in [0.4, 0.5) is 0 Å². The molecule has 0 saturated heterocycles. The fourth-order valence-electron chi connectivity index (χ4n) is 2.51. The smallest absolute Gasteiger partial charge is 0.244 e. The lowest BCUT2D eigenvalue weighted by Gasteiger charge is -2.26. The van der Waals surface area contributed by atoms with E-state index in [0.717, 1.165) is 0 Å². The number of benzene rings is 2. The molecule has 0 saturated carbocycles. The second-order valence-electron chi connectivity index (χ2n) is 5.91. The molecular weight excluding hydrogens is 320 g/mol. The number of ether oxygens (including phenoxy) is 2. The minimum absolute atomic E-state index is 0.477. The third-order valence-electron chi connectivity index (χ3n) is 4.18. The van der Waals surface area contributed by atoms with Crippen molar-refractivity contribution in [1.29, 1.82) is 0 Å². The first-order valence-electron chi connectivity index (χ1n) is 7.72. The first-order valence-corrected chi connectivity index (χ1v) is 7.72. The van der Waals surface area contributed by atoms with Crippen LogP contribution in [0.5, 0.6) is 11.5 Å². The van der Waals surface area contributed by atoms with E-state index in [2.05, 4.69) is 0 Å². The van der Waals surface area contributed by atoms with Crippen LogP contribution in [0.3, 0.4) is 0 Å². The molecule has 4 N–H and O–H groups in total. The van der Waals surface area contributed by atoms with Crippen LogP contribution in [0.15, 0.2) is 48.5 Å². The zero-order valence-electron chi connectivity index (χ0n) is 14.5. The standard InChI is InChI=1S/C19H22N2O4/c1-19(21,18(20)23)17(22)16(12-4-8-14(24-2)9-5-12)13-6-10-15(25-3)11-7-13/h4-11,16H,21H2,1-3H3,(H2,20,23)/t19-/m1/s1. The van der Waals surface area contributed by atoms with Crippen molar-refractivity contribution in [1.82, 2.24) is 0 Å². The second kappa shape index (κ2) is 7.36. The number of amides is 1. The Balaban J connectivity index is 2.53. The number of carbonyl (C=O) groups is 2. The monoisotopic (exact) mass is 342 g/mol. The zero-order valence-corrected chi connectivity index (χ0v) is 14.5. The van der Waals surface area contributed by atoms with E-state index < -0.39 is 23.1 Å². The Morgan fingerprint density at radius 3 is 1.52 bits per heavy atom. The molecular formula is C19H22N2O4. The molecule has 6 nitrogen and oxygen atoms in total. The summed E-state index contributed by atoms with van der Waals surface area (Å²) in [7, 11) is 3.12. The Hall–Kier alpha value is -2.86. The van der Waals surface area contributed by atoms with Crippen LogP contribution in [-0.4, -0.2) is 31.4 Å². The number of ketones is 1. The highest BCUT2D eigenvalue weighted by Gasteiger charge is 2.40. The highest BCUT2D eigenvalue weighted by Crippen LogP contribution is 2.31. The van der Waals surface area contributed by atoms with E-state index in [1.54, 1.807) is 62.8 Å². The molecule has 1 amide bonds. The summed E-state index contributed by atoms with van der Waals surface area (Å²) >= 11 is 0. The van der Waals surface area contributed by atoms with E-state index in [1.807, 2.05) is 0 Å². The SMILES string of the molecule is COc1ccc(C(C(=O)[C@@](C)(N)C(N)=O)c2ccc(OC)cc2)cc1. The Bertz CT molecular complexity index is 704. The molecule has 0 aliphatic carbocycles. The number of rotatable bonds is 7. The highest BCUT2D eigenvalue weighted by atomic mass is 16.5. The molecule has 2 aromatic rings. The van der Waals surface area contributed by atoms with Crippen LogP contribution in [0, 0.1) is 0 Å². The molecule has 0 unspecified atom stereocenters. The maximum atomic E-state index is 13.0. The van der Waals surface area contributed by atoms with Crippen molar-refractivity contribution in [2.24, 2.45) is 11.5 Å². The lowest BCUT2D eigenvalue weighted by atomic mass is 9.79. The van der Waals surface area contributed by atoms with Crippen molar-refractivity contribution in [3.05, 3.63) is 59.7 Å². The van der Waals surface area contributed by atoms with E-state index in [1.165, 1.54) is 6.92 Å². The van der Waals surface area contributed by atoms with E-state index in [4.69, 9.17) is 20.9 Å². The van der Waals surface area contributed by atoms with Crippen LogP contribution in [0.2, 0.25) is 0 Å². The van der Waals surface area contributed by atoms with Crippen molar-refractivity contribution in [3.8, 4) is 11.5 Å². The van der Waals surface area contributed by atoms with E-state index in [9.17, 15) is 9.59 Å². The van der Waals surface area contributed by atoms with Crippen molar-refractivity contribution in [2.75, 3.05) is 14.2 Å². The van der Waals surface area contributed by atoms with Gasteiger partial charge in [0.25, 0.3) is 0 Å². The van der Waals surface area contributed by atoms with Gasteiger partial charge in [-0.25, -0.2) is 0 Å². The predicted octanol–water partition coefficient (Wildman–Crippen LogP) is 1.61. The molecule has 2 aromatic carbocycles. The predicted molar refractivity (Wildman–Crippen MR) is 94.6 cm³/mol. The summed E-state index contributed by atoms with van der Waals surface area (Å²) < 4.78 is 10.3. The van der Waals surface area contributed by atoms with Gasteiger partial charge >= 0.3 is 0 Å². The summed E-state index contributed by atoms with van der Waals surface area (Å²) in [6, 6.07) is 14.1. The van der Waals surface area contributed by atoms with Gasteiger partial charge in [-0.1, -0.05) is 24.3 Å². The molecule has 1 atom stereocenters. The average Bonchev–Trinajstić information content (AvgIpc) is 2.62. The van der Waals surface area contributed by atoms with Gasteiger partial charge in [-0.15, -0.1) is 0 Å². The minimum atomic E-state index is -1.79. The fraction of sp³-hybridized carbons (Fsp3) is 0.263. The number of methoxy groups -OCH3 is 2. The van der Waals surface area contributed by atoms with Crippen molar-refractivity contribution < 1.29 is 19.1 Å². The van der Waals surface area contributed by atoms with E-state index >= 15 is 0 Å². The van der Waals surface area contributed by atoms with Crippen LogP contribution < -0.4 is 20.9 Å². The fourth-order valence-corrected chi connectivity index (χ4v) is 2.51. The first-order chi connectivity index (χ1) is 11.8. The first kappa shape index (κ1) is 18.5. The molecule has 0 aliphatic heterocycles. The maximum absolute atomic E-state index is 13.0. The number of primary amides is 1. The van der Waals surface area contributed by atoms with Crippen LogP contribution in [0.1, 0.15) is 24.0 Å². The third-order valence-corrected chi connectivity index (χ3v) is 4.18. The summed E-state index contributed by atoms with van der Waals surface area (Å²) in [5.74, 6) is -0.760. The molecule has 0 aromatic heterocycles. The molecule has 0 heterocycles. The Morgan fingerprint density at radius 1 is 0.880 bits per heavy atom. The van der Waals surface area contributed by atoms with Crippen molar-refractivity contribution in [3.63, 3.8) is 0 Å². The Labute approximate surface area is 146 Å². The van der Waals surface area contributed by atoms with Crippen molar-refractivity contribution >= 4 is 11.7 Å². The van der Waals surface area contributed by atoms with Gasteiger partial charge in [-0.3, -0.25) is 9.59 Å². The number of carbonyl (C=O) groups excluding carboxylic acids is 2. The zero-order chi connectivity index (χ0) is 18.6. The number of hydrogen-bond acceptors (Lipinski definition) is 5. The number of Topliss-reactive ketones (excluding diaryl/α,β-unsaturated/α-hetero) is 1. The van der Waals surface area contributed by atoms with Gasteiger partial charge in [0, 0.05) is 0 Å². The summed E-state index contributed by atoms with van der Waals surface area (Å²) in [6.45, 7) is 1.33. The van der Waals surface area contributed by atoms with Gasteiger partial charge in [-0.2, -0.15) is 0 Å². The third kappa shape index (κ3) is 3.80. The van der Waals surface area contributed by atoms with Crippen molar-refractivity contribution in [2.45, 2.75) is 18.4 Å². The van der Waals surface area contributed by atoms with Gasteiger partial charge in [0.15, 0.2) is 11.3 Å². The molecule has 6 heteroatoms. The lowest BCUT2D eigenvalue weighted by molar-refractivity contribution is -0.133. The van der Waals surface area contributed by atoms with Crippen LogP contribution in [-0.2, 0) is 9.59 Å². The van der Waals surface area contributed by atoms with Gasteiger partial charge in [-0.05, 0) is 42.3 Å². The van der Waals surface area contributed by atoms with Crippen LogP contribution in [0.25, 0.3) is 0 Å². The number of nitrogens with two attached hydrogens (primary N) is 2. The molecule has 2 rings (SSSR count). The van der Waals surface area contributed by atoms with E-state index in [0.29, 0.717) is 22.6 Å². The summed E-state index contributed by atoms with van der Waals surface area (Å²) in [6.07, 6.45) is 0. The second-order valence-corrected chi connectivity index (χ2v) is 5.91. The summed E-state index contributed by atoms with van der Waals surface area (Å²) in [5.41, 5.74) is 10.8. The van der Waals surface area contributed by atoms with Gasteiger partial charge in [0.05, 0.1) is 20.1 Å². The van der Waals surface area contributed by atoms with E-state index in [-0.39, 0.29) is 0 Å². The Kier molecular flexibility index (Phi) is 5.44. The quantitative estimate of drug-likeness (QED) is 0.744. The highest BCUT2D eigenvalue weighted by molar-refractivity contribution is 6.12. The molecule has 25 heavy (non-hydrogen) atoms. The topological polar surface area (TPSA) is 105 Å². The molecule has 0 fully saturated rings. The maximum Gasteiger partial charge on any atom is 0.244 e. The largest absolute Gasteiger partial charge is 0.497 e. The Morgan fingerprint density at radius 2 is 1.24 bits per heavy atom. The molecule has 0 aliphatic rings. The van der Waals surface area contributed by atoms with Crippen LogP contribution >= 0.6 is 0 Å². The molecule has 132 valence electrons. The molecule has 0 spiro atoms. The summed E-state index contributed by atoms with van der Waals surface area (Å²) in [4.78, 5) is 24.7. The minimum Gasteiger partial charge on any atom is -0.497 e. The molecule has 0 bridgehead atoms. The lowest BCUT2D eigenvalue weighted by Crippen LogP contribution is -2.57. The average molecular weight is 342 g/mol. The van der Waals surface area contributed by atoms with Gasteiger partial charge < -0.3 is 20.9 Å². The normalized spacial score (nSPS) is 13.2. The van der Waals surface area contributed by atoms with Gasteiger partial charge in [0.2, 0.25) is 5.91 Å².